The molecule has 0 spiro atoms. The summed E-state index contributed by atoms with van der Waals surface area (Å²) in [5, 5.41) is 23.8. The standard InChI is InChI=1S/C12H10N4O3/c1-8-11(7-13)12(15(2)14-8)19-10-5-3-4-9(6-10)16(17)18/h3-6H,1-2H3. The molecular weight excluding hydrogens is 248 g/mol. The SMILES string of the molecule is Cc1nn(C)c(Oc2cccc([N+](=O)[O-])c2)c1C#N. The fourth-order valence-electron chi connectivity index (χ4n) is 1.65. The number of non-ortho nitro benzene ring substituents is 1. The fraction of sp³-hybridized carbons (Fsp3) is 0.167. The van der Waals surface area contributed by atoms with E-state index in [-0.39, 0.29) is 17.3 Å². The number of nitriles is 1. The summed E-state index contributed by atoms with van der Waals surface area (Å²) in [7, 11) is 1.64. The first-order valence-electron chi connectivity index (χ1n) is 5.39. The van der Waals surface area contributed by atoms with Gasteiger partial charge >= 0.3 is 0 Å². The number of benzene rings is 1. The Morgan fingerprint density at radius 2 is 2.26 bits per heavy atom. The average molecular weight is 258 g/mol. The molecule has 1 aromatic carbocycles. The predicted molar refractivity (Wildman–Crippen MR) is 65.8 cm³/mol. The normalized spacial score (nSPS) is 9.95. The van der Waals surface area contributed by atoms with Crippen molar-refractivity contribution in [2.45, 2.75) is 6.92 Å². The van der Waals surface area contributed by atoms with Crippen LogP contribution >= 0.6 is 0 Å². The van der Waals surface area contributed by atoms with Gasteiger partial charge in [-0.3, -0.25) is 10.1 Å². The third-order valence-corrected chi connectivity index (χ3v) is 2.52. The molecule has 0 saturated carbocycles. The van der Waals surface area contributed by atoms with E-state index in [1.807, 2.05) is 6.07 Å². The second kappa shape index (κ2) is 4.78. The van der Waals surface area contributed by atoms with E-state index in [2.05, 4.69) is 5.10 Å². The number of hydrogen-bond acceptors (Lipinski definition) is 5. The third kappa shape index (κ3) is 2.37. The van der Waals surface area contributed by atoms with Crippen molar-refractivity contribution in [3.63, 3.8) is 0 Å². The summed E-state index contributed by atoms with van der Waals surface area (Å²) in [4.78, 5) is 10.2. The Hall–Kier alpha value is -2.88. The van der Waals surface area contributed by atoms with Crippen LogP contribution in [0.25, 0.3) is 0 Å². The summed E-state index contributed by atoms with van der Waals surface area (Å²) < 4.78 is 6.94. The zero-order chi connectivity index (χ0) is 14.0. The molecule has 0 bridgehead atoms. The van der Waals surface area contributed by atoms with Crippen LogP contribution in [0.4, 0.5) is 5.69 Å². The van der Waals surface area contributed by atoms with Gasteiger partial charge in [-0.25, -0.2) is 4.68 Å². The van der Waals surface area contributed by atoms with Crippen LogP contribution in [-0.4, -0.2) is 14.7 Å². The lowest BCUT2D eigenvalue weighted by atomic mass is 10.3. The van der Waals surface area contributed by atoms with Crippen LogP contribution in [0.1, 0.15) is 11.3 Å². The van der Waals surface area contributed by atoms with Crippen molar-refractivity contribution < 1.29 is 9.66 Å². The molecule has 96 valence electrons. The molecular formula is C12H10N4O3. The Balaban J connectivity index is 2.39. The Morgan fingerprint density at radius 1 is 1.53 bits per heavy atom. The molecule has 0 amide bonds. The number of rotatable bonds is 3. The number of nitro benzene ring substituents is 1. The first-order chi connectivity index (χ1) is 9.02. The number of aromatic nitrogens is 2. The molecule has 1 aromatic heterocycles. The monoisotopic (exact) mass is 258 g/mol. The molecule has 0 N–H and O–H groups in total. The van der Waals surface area contributed by atoms with Gasteiger partial charge in [0.1, 0.15) is 17.4 Å². The van der Waals surface area contributed by atoms with Gasteiger partial charge in [-0.1, -0.05) is 6.07 Å². The van der Waals surface area contributed by atoms with Crippen LogP contribution in [0, 0.1) is 28.4 Å². The molecule has 0 aliphatic carbocycles. The minimum atomic E-state index is -0.507. The number of aryl methyl sites for hydroxylation is 2. The molecule has 0 unspecified atom stereocenters. The van der Waals surface area contributed by atoms with Crippen LogP contribution in [0.3, 0.4) is 0 Å². The Morgan fingerprint density at radius 3 is 2.89 bits per heavy atom. The van der Waals surface area contributed by atoms with E-state index in [1.54, 1.807) is 20.0 Å². The summed E-state index contributed by atoms with van der Waals surface area (Å²) in [5.74, 6) is 0.550. The van der Waals surface area contributed by atoms with Crippen LogP contribution in [0.2, 0.25) is 0 Å². The maximum absolute atomic E-state index is 10.7. The van der Waals surface area contributed by atoms with Gasteiger partial charge in [0, 0.05) is 13.1 Å². The number of nitro groups is 1. The molecule has 7 nitrogen and oxygen atoms in total. The topological polar surface area (TPSA) is 94.0 Å². The van der Waals surface area contributed by atoms with Gasteiger partial charge in [0.05, 0.1) is 16.7 Å². The van der Waals surface area contributed by atoms with Crippen LogP contribution in [0.15, 0.2) is 24.3 Å². The second-order valence-corrected chi connectivity index (χ2v) is 3.86. The minimum Gasteiger partial charge on any atom is -0.438 e. The number of nitrogens with zero attached hydrogens (tertiary/aromatic N) is 4. The lowest BCUT2D eigenvalue weighted by molar-refractivity contribution is -0.384. The van der Waals surface area contributed by atoms with Crippen LogP contribution in [-0.2, 0) is 7.05 Å². The zero-order valence-corrected chi connectivity index (χ0v) is 10.3. The highest BCUT2D eigenvalue weighted by Gasteiger charge is 2.16. The van der Waals surface area contributed by atoms with Crippen LogP contribution in [0.5, 0.6) is 11.6 Å². The second-order valence-electron chi connectivity index (χ2n) is 3.86. The summed E-state index contributed by atoms with van der Waals surface area (Å²) in [6, 6.07) is 7.76. The highest BCUT2D eigenvalue weighted by atomic mass is 16.6. The molecule has 19 heavy (non-hydrogen) atoms. The summed E-state index contributed by atoms with van der Waals surface area (Å²) in [5.41, 5.74) is 0.786. The number of ether oxygens (including phenoxy) is 1. The van der Waals surface area contributed by atoms with Gasteiger partial charge in [0.15, 0.2) is 0 Å². The lowest BCUT2D eigenvalue weighted by Gasteiger charge is -2.05. The van der Waals surface area contributed by atoms with Crippen molar-refractivity contribution in [3.8, 4) is 17.7 Å². The first-order valence-corrected chi connectivity index (χ1v) is 5.39. The minimum absolute atomic E-state index is 0.0742. The van der Waals surface area contributed by atoms with E-state index in [0.717, 1.165) is 0 Å². The van der Waals surface area contributed by atoms with Gasteiger partial charge in [-0.15, -0.1) is 0 Å². The van der Waals surface area contributed by atoms with Gasteiger partial charge < -0.3 is 4.74 Å². The smallest absolute Gasteiger partial charge is 0.273 e. The van der Waals surface area contributed by atoms with Crippen molar-refractivity contribution >= 4 is 5.69 Å². The average Bonchev–Trinajstić information content (AvgIpc) is 2.64. The highest BCUT2D eigenvalue weighted by Crippen LogP contribution is 2.28. The molecule has 1 heterocycles. The molecule has 0 saturated heterocycles. The van der Waals surface area contributed by atoms with Gasteiger partial charge in [0.25, 0.3) is 5.69 Å². The Kier molecular flexibility index (Phi) is 3.16. The van der Waals surface area contributed by atoms with E-state index in [1.165, 1.54) is 22.9 Å². The molecule has 7 heteroatoms. The summed E-state index contributed by atoms with van der Waals surface area (Å²) in [6.45, 7) is 1.69. The zero-order valence-electron chi connectivity index (χ0n) is 10.3. The van der Waals surface area contributed by atoms with Gasteiger partial charge in [0.2, 0.25) is 5.88 Å². The third-order valence-electron chi connectivity index (χ3n) is 2.52. The Labute approximate surface area is 108 Å². The van der Waals surface area contributed by atoms with E-state index in [4.69, 9.17) is 10.00 Å². The van der Waals surface area contributed by atoms with Crippen LogP contribution < -0.4 is 4.74 Å². The van der Waals surface area contributed by atoms with E-state index in [0.29, 0.717) is 11.3 Å². The van der Waals surface area contributed by atoms with Crippen molar-refractivity contribution in [1.82, 2.24) is 9.78 Å². The summed E-state index contributed by atoms with van der Waals surface area (Å²) >= 11 is 0. The molecule has 0 fully saturated rings. The predicted octanol–water partition coefficient (Wildman–Crippen LogP) is 2.30. The highest BCUT2D eigenvalue weighted by molar-refractivity contribution is 5.46. The first kappa shape index (κ1) is 12.6. The maximum atomic E-state index is 10.7. The van der Waals surface area contributed by atoms with Crippen molar-refractivity contribution in [3.05, 3.63) is 45.6 Å². The van der Waals surface area contributed by atoms with E-state index >= 15 is 0 Å². The van der Waals surface area contributed by atoms with Gasteiger partial charge in [-0.2, -0.15) is 10.4 Å². The van der Waals surface area contributed by atoms with E-state index < -0.39 is 4.92 Å². The van der Waals surface area contributed by atoms with Crippen molar-refractivity contribution in [2.24, 2.45) is 7.05 Å². The molecule has 0 aliphatic rings. The maximum Gasteiger partial charge on any atom is 0.273 e. The quantitative estimate of drug-likeness (QED) is 0.621. The molecule has 0 aliphatic heterocycles. The van der Waals surface area contributed by atoms with Crippen molar-refractivity contribution in [2.75, 3.05) is 0 Å². The Bertz CT molecular complexity index is 685. The van der Waals surface area contributed by atoms with Crippen molar-refractivity contribution in [1.29, 1.82) is 5.26 Å². The number of hydrogen-bond donors (Lipinski definition) is 0. The lowest BCUT2D eigenvalue weighted by Crippen LogP contribution is -1.96. The summed E-state index contributed by atoms with van der Waals surface area (Å²) in [6.07, 6.45) is 0. The largest absolute Gasteiger partial charge is 0.438 e. The molecule has 0 atom stereocenters. The fourth-order valence-corrected chi connectivity index (χ4v) is 1.65. The molecule has 2 aromatic rings. The van der Waals surface area contributed by atoms with E-state index in [9.17, 15) is 10.1 Å². The molecule has 2 rings (SSSR count). The molecule has 0 radical (unpaired) electrons. The van der Waals surface area contributed by atoms with Gasteiger partial charge in [-0.05, 0) is 13.0 Å².